The van der Waals surface area contributed by atoms with Gasteiger partial charge in [-0.25, -0.2) is 0 Å². The number of hydrogen-bond acceptors (Lipinski definition) is 3. The first-order valence-electron chi connectivity index (χ1n) is 6.68. The van der Waals surface area contributed by atoms with E-state index in [-0.39, 0.29) is 17.6 Å². The number of para-hydroxylation sites is 2. The van der Waals surface area contributed by atoms with E-state index in [0.29, 0.717) is 12.2 Å². The highest BCUT2D eigenvalue weighted by atomic mass is 79.9. The highest BCUT2D eigenvalue weighted by Gasteiger charge is 2.18. The Balaban J connectivity index is 2.06. The van der Waals surface area contributed by atoms with Gasteiger partial charge in [-0.1, -0.05) is 19.1 Å². The summed E-state index contributed by atoms with van der Waals surface area (Å²) in [5.41, 5.74) is 2.32. The lowest BCUT2D eigenvalue weighted by atomic mass is 10.1. The monoisotopic (exact) mass is 351 g/mol. The van der Waals surface area contributed by atoms with Crippen LogP contribution in [0.1, 0.15) is 18.3 Å². The first-order valence-corrected chi connectivity index (χ1v) is 7.47. The third-order valence-corrected chi connectivity index (χ3v) is 4.50. The first-order chi connectivity index (χ1) is 9.90. The van der Waals surface area contributed by atoms with Crippen LogP contribution >= 0.6 is 15.9 Å². The number of halogens is 1. The van der Waals surface area contributed by atoms with E-state index < -0.39 is 0 Å². The number of nitrogens with one attached hydrogen (secondary N) is 1. The predicted molar refractivity (Wildman–Crippen MR) is 85.3 cm³/mol. The summed E-state index contributed by atoms with van der Waals surface area (Å²) >= 11 is 3.47. The van der Waals surface area contributed by atoms with Gasteiger partial charge in [0.2, 0.25) is 5.91 Å². The Kier molecular flexibility index (Phi) is 4.67. The molecule has 0 aliphatic carbocycles. The molecule has 1 amide bonds. The van der Waals surface area contributed by atoms with E-state index in [4.69, 9.17) is 0 Å². The fraction of sp³-hybridized carbons (Fsp3) is 0.333. The van der Waals surface area contributed by atoms with Crippen molar-refractivity contribution in [1.82, 2.24) is 9.78 Å². The van der Waals surface area contributed by atoms with Crippen molar-refractivity contribution < 1.29 is 9.90 Å². The molecule has 0 spiro atoms. The van der Waals surface area contributed by atoms with E-state index in [0.717, 1.165) is 15.9 Å². The second kappa shape index (κ2) is 6.30. The van der Waals surface area contributed by atoms with Crippen molar-refractivity contribution in [2.45, 2.75) is 27.3 Å². The van der Waals surface area contributed by atoms with Gasteiger partial charge in [0.1, 0.15) is 5.75 Å². The molecular formula is C15H18BrN3O2. The molecule has 0 aliphatic rings. The normalized spacial score (nSPS) is 12.2. The second-order valence-corrected chi connectivity index (χ2v) is 5.87. The van der Waals surface area contributed by atoms with Crippen molar-refractivity contribution in [2.24, 2.45) is 5.92 Å². The zero-order valence-corrected chi connectivity index (χ0v) is 13.8. The molecule has 0 saturated heterocycles. The molecule has 0 radical (unpaired) electrons. The van der Waals surface area contributed by atoms with Crippen LogP contribution in [0.2, 0.25) is 0 Å². The van der Waals surface area contributed by atoms with E-state index in [2.05, 4.69) is 26.3 Å². The Morgan fingerprint density at radius 1 is 1.43 bits per heavy atom. The molecule has 5 nitrogen and oxygen atoms in total. The Morgan fingerprint density at radius 3 is 2.67 bits per heavy atom. The largest absolute Gasteiger partial charge is 0.506 e. The third-order valence-electron chi connectivity index (χ3n) is 3.35. The maximum atomic E-state index is 12.2. The molecule has 1 atom stereocenters. The smallest absolute Gasteiger partial charge is 0.229 e. The topological polar surface area (TPSA) is 67.2 Å². The minimum atomic E-state index is -0.269. The first kappa shape index (κ1) is 15.6. The Hall–Kier alpha value is -1.82. The summed E-state index contributed by atoms with van der Waals surface area (Å²) in [5, 5.41) is 16.8. The molecule has 2 rings (SSSR count). The van der Waals surface area contributed by atoms with Gasteiger partial charge in [0, 0.05) is 5.69 Å². The van der Waals surface area contributed by atoms with Crippen molar-refractivity contribution in [3.63, 3.8) is 0 Å². The number of phenols is 1. The van der Waals surface area contributed by atoms with Gasteiger partial charge < -0.3 is 10.4 Å². The van der Waals surface area contributed by atoms with Crippen LogP contribution in [-0.2, 0) is 11.3 Å². The number of benzene rings is 1. The van der Waals surface area contributed by atoms with E-state index >= 15 is 0 Å². The highest BCUT2D eigenvalue weighted by molar-refractivity contribution is 9.10. The molecule has 21 heavy (non-hydrogen) atoms. The maximum absolute atomic E-state index is 12.2. The number of carbonyl (C=O) groups excluding carboxylic acids is 1. The zero-order valence-electron chi connectivity index (χ0n) is 12.2. The van der Waals surface area contributed by atoms with E-state index in [1.165, 1.54) is 0 Å². The summed E-state index contributed by atoms with van der Waals surface area (Å²) in [6.45, 7) is 6.19. The number of aromatic nitrogens is 2. The van der Waals surface area contributed by atoms with Gasteiger partial charge in [-0.05, 0) is 41.9 Å². The molecule has 0 fully saturated rings. The molecule has 2 aromatic rings. The van der Waals surface area contributed by atoms with Gasteiger partial charge in [-0.2, -0.15) is 5.10 Å². The molecule has 112 valence electrons. The lowest BCUT2D eigenvalue weighted by Gasteiger charge is -2.14. The number of aryl methyl sites for hydroxylation is 1. The molecule has 1 heterocycles. The van der Waals surface area contributed by atoms with Crippen molar-refractivity contribution in [3.05, 3.63) is 40.1 Å². The number of hydrogen-bond donors (Lipinski definition) is 2. The summed E-state index contributed by atoms with van der Waals surface area (Å²) in [5.74, 6) is -0.360. The number of amides is 1. The average molecular weight is 352 g/mol. The van der Waals surface area contributed by atoms with Crippen LogP contribution in [0.25, 0.3) is 0 Å². The maximum Gasteiger partial charge on any atom is 0.229 e. The molecule has 0 saturated carbocycles. The minimum absolute atomic E-state index is 0.0620. The highest BCUT2D eigenvalue weighted by Crippen LogP contribution is 2.23. The number of aromatic hydroxyl groups is 1. The number of nitrogens with zero attached hydrogens (tertiary/aromatic N) is 2. The number of carbonyl (C=O) groups is 1. The summed E-state index contributed by atoms with van der Waals surface area (Å²) in [7, 11) is 0. The fourth-order valence-electron chi connectivity index (χ4n) is 2.03. The molecule has 1 aromatic heterocycles. The lowest BCUT2D eigenvalue weighted by molar-refractivity contribution is -0.119. The molecule has 2 N–H and O–H groups in total. The standard InChI is InChI=1S/C15H18BrN3O2/c1-9(8-19-11(3)14(16)10(2)18-19)15(21)17-12-6-4-5-7-13(12)20/h4-7,9,20H,8H2,1-3H3,(H,17,21)/t9-/m0/s1. The van der Waals surface area contributed by atoms with Crippen molar-refractivity contribution in [2.75, 3.05) is 5.32 Å². The Labute approximate surface area is 132 Å². The summed E-state index contributed by atoms with van der Waals surface area (Å²) < 4.78 is 2.78. The molecule has 0 aliphatic heterocycles. The average Bonchev–Trinajstić information content (AvgIpc) is 2.68. The van der Waals surface area contributed by atoms with E-state index in [9.17, 15) is 9.90 Å². The van der Waals surface area contributed by atoms with Crippen molar-refractivity contribution in [3.8, 4) is 5.75 Å². The van der Waals surface area contributed by atoms with Crippen molar-refractivity contribution >= 4 is 27.5 Å². The molecule has 0 unspecified atom stereocenters. The minimum Gasteiger partial charge on any atom is -0.506 e. The number of rotatable bonds is 4. The van der Waals surface area contributed by atoms with Crippen LogP contribution in [0.5, 0.6) is 5.75 Å². The molecular weight excluding hydrogens is 334 g/mol. The number of phenolic OH excluding ortho intramolecular Hbond substituents is 1. The molecule has 1 aromatic carbocycles. The van der Waals surface area contributed by atoms with Crippen LogP contribution in [0.15, 0.2) is 28.7 Å². The molecule has 0 bridgehead atoms. The van der Waals surface area contributed by atoms with Crippen molar-refractivity contribution in [1.29, 1.82) is 0 Å². The third kappa shape index (κ3) is 3.44. The number of anilines is 1. The summed E-state index contributed by atoms with van der Waals surface area (Å²) in [6, 6.07) is 6.68. The van der Waals surface area contributed by atoms with Gasteiger partial charge in [-0.3, -0.25) is 9.48 Å². The van der Waals surface area contributed by atoms with Crippen LogP contribution in [0.3, 0.4) is 0 Å². The summed E-state index contributed by atoms with van der Waals surface area (Å²) in [6.07, 6.45) is 0. The second-order valence-electron chi connectivity index (χ2n) is 5.07. The Morgan fingerprint density at radius 2 is 2.10 bits per heavy atom. The van der Waals surface area contributed by atoms with Gasteiger partial charge in [0.15, 0.2) is 0 Å². The van der Waals surface area contributed by atoms with Crippen LogP contribution in [-0.4, -0.2) is 20.8 Å². The molecule has 6 heteroatoms. The van der Waals surface area contributed by atoms with Gasteiger partial charge in [-0.15, -0.1) is 0 Å². The van der Waals surface area contributed by atoms with Crippen LogP contribution in [0.4, 0.5) is 5.69 Å². The van der Waals surface area contributed by atoms with Gasteiger partial charge in [0.25, 0.3) is 0 Å². The zero-order chi connectivity index (χ0) is 15.6. The van der Waals surface area contributed by atoms with Gasteiger partial charge >= 0.3 is 0 Å². The Bertz CT molecular complexity index is 667. The summed E-state index contributed by atoms with van der Waals surface area (Å²) in [4.78, 5) is 12.2. The lowest BCUT2D eigenvalue weighted by Crippen LogP contribution is -2.25. The fourth-order valence-corrected chi connectivity index (χ4v) is 2.31. The quantitative estimate of drug-likeness (QED) is 0.830. The SMILES string of the molecule is Cc1nn(C[C@H](C)C(=O)Nc2ccccc2O)c(C)c1Br. The predicted octanol–water partition coefficient (Wildman–Crippen LogP) is 3.24. The van der Waals surface area contributed by atoms with Gasteiger partial charge in [0.05, 0.1) is 28.3 Å². The van der Waals surface area contributed by atoms with E-state index in [1.54, 1.807) is 24.3 Å². The van der Waals surface area contributed by atoms with Crippen LogP contribution in [0, 0.1) is 19.8 Å². The van der Waals surface area contributed by atoms with Crippen LogP contribution < -0.4 is 5.32 Å². The van der Waals surface area contributed by atoms with E-state index in [1.807, 2.05) is 25.5 Å².